The third kappa shape index (κ3) is 9.57. The first kappa shape index (κ1) is 41.7. The molecule has 4 aromatic rings. The van der Waals surface area contributed by atoms with Gasteiger partial charge in [0.2, 0.25) is 12.3 Å². The molecule has 0 fully saturated rings. The van der Waals surface area contributed by atoms with Crippen LogP contribution in [-0.2, 0) is 9.59 Å². The Morgan fingerprint density at radius 1 is 0.836 bits per heavy atom. The number of carbonyl (C=O) groups excluding carboxylic acids is 4. The summed E-state index contributed by atoms with van der Waals surface area (Å²) in [7, 11) is 6.62. The standard InChI is InChI=1S/C46H46N6O9/c1-51-25-31(29-6-10-34(11-7-29)50-45(55)24-47-28-54)16-35(51)22-48-39-20-43(41(58-3)18-33(39)27-53)60-14-5-15-61-44-21-40-38(19-42(44)59-4)46(56)52-26-32(17-36(52)23-49-40)30-8-12-37(57-2)13-9-30/h6-13,18-23,25-28,35-36H,5,14-17,24H2,1-4H3,(H,47,54)(H,50,55)/b48-22-. The summed E-state index contributed by atoms with van der Waals surface area (Å²) in [5.74, 6) is 1.95. The lowest BCUT2D eigenvalue weighted by Gasteiger charge is -2.19. The first-order chi connectivity index (χ1) is 29.7. The van der Waals surface area contributed by atoms with Crippen molar-refractivity contribution < 1.29 is 42.9 Å². The highest BCUT2D eigenvalue weighted by atomic mass is 16.5. The molecule has 0 bridgehead atoms. The average Bonchev–Trinajstić information content (AvgIpc) is 3.86. The van der Waals surface area contributed by atoms with E-state index in [0.717, 1.165) is 34.3 Å². The number of rotatable bonds is 18. The van der Waals surface area contributed by atoms with Crippen LogP contribution in [0.25, 0.3) is 11.1 Å². The molecule has 3 aliphatic heterocycles. The van der Waals surface area contributed by atoms with Crippen LogP contribution in [0.2, 0.25) is 0 Å². The van der Waals surface area contributed by atoms with E-state index >= 15 is 0 Å². The third-order valence-electron chi connectivity index (χ3n) is 10.5. The zero-order chi connectivity index (χ0) is 42.9. The molecule has 15 heteroatoms. The Labute approximate surface area is 353 Å². The Morgan fingerprint density at radius 3 is 2.18 bits per heavy atom. The van der Waals surface area contributed by atoms with Crippen molar-refractivity contribution in [3.05, 3.63) is 107 Å². The predicted molar refractivity (Wildman–Crippen MR) is 232 cm³/mol. The zero-order valence-electron chi connectivity index (χ0n) is 34.3. The van der Waals surface area contributed by atoms with E-state index in [0.29, 0.717) is 76.9 Å². The number of aliphatic imine (C=N–C) groups is 2. The Hall–Kier alpha value is -7.42. The van der Waals surface area contributed by atoms with Gasteiger partial charge >= 0.3 is 0 Å². The maximum atomic E-state index is 13.8. The van der Waals surface area contributed by atoms with Gasteiger partial charge in [0.1, 0.15) is 5.75 Å². The lowest BCUT2D eigenvalue weighted by Crippen LogP contribution is -2.32. The number of amides is 3. The summed E-state index contributed by atoms with van der Waals surface area (Å²) >= 11 is 0. The third-order valence-corrected chi connectivity index (χ3v) is 10.5. The zero-order valence-corrected chi connectivity index (χ0v) is 34.3. The number of benzene rings is 4. The molecule has 7 rings (SSSR count). The summed E-state index contributed by atoms with van der Waals surface area (Å²) in [6, 6.07) is 21.6. The monoisotopic (exact) mass is 826 g/mol. The number of fused-ring (bicyclic) bond motifs is 2. The van der Waals surface area contributed by atoms with E-state index in [1.807, 2.05) is 72.9 Å². The molecule has 2 N–H and O–H groups in total. The van der Waals surface area contributed by atoms with Crippen LogP contribution in [0.15, 0.2) is 95.2 Å². The number of methoxy groups -OCH3 is 3. The molecule has 15 nitrogen and oxygen atoms in total. The summed E-state index contributed by atoms with van der Waals surface area (Å²) < 4.78 is 28.7. The van der Waals surface area contributed by atoms with Crippen molar-refractivity contribution in [1.29, 1.82) is 0 Å². The fourth-order valence-corrected chi connectivity index (χ4v) is 7.23. The van der Waals surface area contributed by atoms with E-state index in [1.54, 1.807) is 48.7 Å². The van der Waals surface area contributed by atoms with Crippen molar-refractivity contribution in [3.8, 4) is 28.7 Å². The topological polar surface area (TPSA) is 170 Å². The minimum Gasteiger partial charge on any atom is -0.497 e. The Morgan fingerprint density at radius 2 is 1.51 bits per heavy atom. The molecule has 0 saturated carbocycles. The maximum Gasteiger partial charge on any atom is 0.260 e. The summed E-state index contributed by atoms with van der Waals surface area (Å²) in [5, 5.41) is 5.08. The molecule has 314 valence electrons. The van der Waals surface area contributed by atoms with Crippen LogP contribution >= 0.6 is 0 Å². The second-order valence-electron chi connectivity index (χ2n) is 14.4. The van der Waals surface area contributed by atoms with E-state index in [4.69, 9.17) is 33.7 Å². The molecule has 0 aliphatic carbocycles. The van der Waals surface area contributed by atoms with Crippen molar-refractivity contribution in [1.82, 2.24) is 15.1 Å². The molecule has 3 heterocycles. The van der Waals surface area contributed by atoms with Crippen LogP contribution in [0, 0.1) is 0 Å². The van der Waals surface area contributed by atoms with Gasteiger partial charge in [-0.05, 0) is 65.1 Å². The van der Waals surface area contributed by atoms with Crippen LogP contribution < -0.4 is 34.3 Å². The van der Waals surface area contributed by atoms with Crippen molar-refractivity contribution in [3.63, 3.8) is 0 Å². The first-order valence-corrected chi connectivity index (χ1v) is 19.6. The van der Waals surface area contributed by atoms with Crippen LogP contribution in [0.1, 0.15) is 51.1 Å². The van der Waals surface area contributed by atoms with Gasteiger partial charge in [-0.3, -0.25) is 29.2 Å². The minimum absolute atomic E-state index is 0.0763. The fourth-order valence-electron chi connectivity index (χ4n) is 7.23. The van der Waals surface area contributed by atoms with E-state index in [1.165, 1.54) is 14.2 Å². The number of hydrogen-bond donors (Lipinski definition) is 2. The maximum absolute atomic E-state index is 13.8. The molecule has 0 radical (unpaired) electrons. The van der Waals surface area contributed by atoms with E-state index in [-0.39, 0.29) is 43.7 Å². The van der Waals surface area contributed by atoms with E-state index < -0.39 is 0 Å². The number of anilines is 1. The van der Waals surface area contributed by atoms with Crippen molar-refractivity contribution in [2.24, 2.45) is 9.98 Å². The van der Waals surface area contributed by atoms with Crippen molar-refractivity contribution >= 4 is 65.1 Å². The SMILES string of the molecule is COc1ccc(C2=CN3C(=O)c4cc(OC)c(OCCCOc5cc(/N=C\C6CC(c7ccc(NC(=O)CNC=O)cc7)=CN6C)c(C=O)cc5OC)cc4N=CC3C2)cc1. The fraction of sp³-hybridized carbons (Fsp3) is 0.261. The second kappa shape index (κ2) is 19.1. The molecular weight excluding hydrogens is 781 g/mol. The summed E-state index contributed by atoms with van der Waals surface area (Å²) in [4.78, 5) is 61.4. The van der Waals surface area contributed by atoms with Crippen molar-refractivity contribution in [2.45, 2.75) is 31.3 Å². The number of ether oxygens (including phenoxy) is 5. The molecule has 0 saturated heterocycles. The largest absolute Gasteiger partial charge is 0.497 e. The van der Waals surface area contributed by atoms with Gasteiger partial charge in [0, 0.05) is 68.1 Å². The summed E-state index contributed by atoms with van der Waals surface area (Å²) in [6.45, 7) is 0.432. The van der Waals surface area contributed by atoms with Gasteiger partial charge in [-0.1, -0.05) is 24.3 Å². The lowest BCUT2D eigenvalue weighted by atomic mass is 10.0. The minimum atomic E-state index is -0.319. The molecule has 2 unspecified atom stereocenters. The summed E-state index contributed by atoms with van der Waals surface area (Å²) in [6.07, 6.45) is 10.5. The summed E-state index contributed by atoms with van der Waals surface area (Å²) in [5.41, 5.74) is 6.45. The number of carbonyl (C=O) groups is 4. The highest BCUT2D eigenvalue weighted by Crippen LogP contribution is 2.40. The van der Waals surface area contributed by atoms with Crippen LogP contribution in [0.4, 0.5) is 17.1 Å². The smallest absolute Gasteiger partial charge is 0.260 e. The molecule has 0 aromatic heterocycles. The normalized spacial score (nSPS) is 16.6. The molecule has 61 heavy (non-hydrogen) atoms. The molecule has 3 aliphatic rings. The molecule has 4 aromatic carbocycles. The van der Waals surface area contributed by atoms with Gasteiger partial charge < -0.3 is 44.1 Å². The van der Waals surface area contributed by atoms with Crippen LogP contribution in [0.3, 0.4) is 0 Å². The Kier molecular flexibility index (Phi) is 13.1. The number of nitrogens with one attached hydrogen (secondary N) is 2. The van der Waals surface area contributed by atoms with E-state index in [2.05, 4.69) is 10.6 Å². The average molecular weight is 827 g/mol. The molecule has 3 amide bonds. The Bertz CT molecular complexity index is 2410. The number of hydrogen-bond acceptors (Lipinski definition) is 12. The van der Waals surface area contributed by atoms with Gasteiger partial charge in [-0.15, -0.1) is 0 Å². The number of aldehydes is 1. The van der Waals surface area contributed by atoms with Crippen molar-refractivity contribution in [2.75, 3.05) is 53.5 Å². The lowest BCUT2D eigenvalue weighted by molar-refractivity contribution is -0.118. The van der Waals surface area contributed by atoms with Crippen LogP contribution in [0.5, 0.6) is 28.7 Å². The molecular formula is C46H46N6O9. The quantitative estimate of drug-likeness (QED) is 0.0644. The van der Waals surface area contributed by atoms with Gasteiger partial charge in [-0.25, -0.2) is 0 Å². The van der Waals surface area contributed by atoms with Gasteiger partial charge in [0.15, 0.2) is 29.3 Å². The van der Waals surface area contributed by atoms with Gasteiger partial charge in [0.05, 0.1) is 70.1 Å². The second-order valence-corrected chi connectivity index (χ2v) is 14.4. The Balaban J connectivity index is 0.951. The van der Waals surface area contributed by atoms with Gasteiger partial charge in [-0.2, -0.15) is 0 Å². The van der Waals surface area contributed by atoms with E-state index in [9.17, 15) is 19.2 Å². The molecule has 2 atom stereocenters. The highest BCUT2D eigenvalue weighted by molar-refractivity contribution is 6.05. The van der Waals surface area contributed by atoms with Gasteiger partial charge in [0.25, 0.3) is 5.91 Å². The highest BCUT2D eigenvalue weighted by Gasteiger charge is 2.33. The first-order valence-electron chi connectivity index (χ1n) is 19.6. The number of nitrogens with zero attached hydrogens (tertiary/aromatic N) is 4. The molecule has 0 spiro atoms. The predicted octanol–water partition coefficient (Wildman–Crippen LogP) is 6.48. The van der Waals surface area contributed by atoms with Crippen LogP contribution in [-0.4, -0.2) is 107 Å².